The third kappa shape index (κ3) is 2.73. The first kappa shape index (κ1) is 12.7. The number of halogens is 2. The number of nitrogen functional groups attached to an aromatic ring is 1. The summed E-state index contributed by atoms with van der Waals surface area (Å²) in [5, 5.41) is 3.02. The molecule has 0 aliphatic heterocycles. The van der Waals surface area contributed by atoms with Gasteiger partial charge in [0.15, 0.2) is 0 Å². The van der Waals surface area contributed by atoms with Gasteiger partial charge in [-0.05, 0) is 6.07 Å². The lowest BCUT2D eigenvalue weighted by molar-refractivity contribution is 0.466. The van der Waals surface area contributed by atoms with Gasteiger partial charge < -0.3 is 15.5 Å². The van der Waals surface area contributed by atoms with Crippen LogP contribution in [0, 0.1) is 5.82 Å². The Balaban J connectivity index is 2.08. The summed E-state index contributed by atoms with van der Waals surface area (Å²) in [6.07, 6.45) is 2.47. The second kappa shape index (κ2) is 5.27. The van der Waals surface area contributed by atoms with Gasteiger partial charge in [0.2, 0.25) is 5.89 Å². The van der Waals surface area contributed by atoms with Crippen molar-refractivity contribution in [3.63, 3.8) is 0 Å². The molecule has 0 aliphatic rings. The molecular weight excluding hydrogens is 257 g/mol. The molecule has 1 heterocycles. The quantitative estimate of drug-likeness (QED) is 0.837. The summed E-state index contributed by atoms with van der Waals surface area (Å²) in [6.45, 7) is 2.35. The van der Waals surface area contributed by atoms with E-state index in [9.17, 15) is 4.39 Å². The molecule has 4 nitrogen and oxygen atoms in total. The summed E-state index contributed by atoms with van der Waals surface area (Å²) < 4.78 is 18.5. The molecule has 0 fully saturated rings. The van der Waals surface area contributed by atoms with E-state index in [0.717, 1.165) is 12.2 Å². The van der Waals surface area contributed by atoms with Gasteiger partial charge in [-0.1, -0.05) is 18.5 Å². The van der Waals surface area contributed by atoms with E-state index in [4.69, 9.17) is 21.8 Å². The van der Waals surface area contributed by atoms with Crippen molar-refractivity contribution in [2.45, 2.75) is 19.9 Å². The number of nitrogens with zero attached hydrogens (tertiary/aromatic N) is 1. The first-order valence-corrected chi connectivity index (χ1v) is 5.90. The van der Waals surface area contributed by atoms with Gasteiger partial charge in [0, 0.05) is 12.5 Å². The molecule has 0 radical (unpaired) electrons. The minimum absolute atomic E-state index is 0.0216. The van der Waals surface area contributed by atoms with E-state index in [-0.39, 0.29) is 5.02 Å². The van der Waals surface area contributed by atoms with Crippen LogP contribution in [0.25, 0.3) is 0 Å². The Kier molecular flexibility index (Phi) is 3.72. The number of hydrogen-bond acceptors (Lipinski definition) is 4. The van der Waals surface area contributed by atoms with Crippen LogP contribution >= 0.6 is 11.6 Å². The number of benzene rings is 1. The maximum absolute atomic E-state index is 13.1. The summed E-state index contributed by atoms with van der Waals surface area (Å²) >= 11 is 5.68. The Labute approximate surface area is 109 Å². The minimum Gasteiger partial charge on any atom is -0.444 e. The monoisotopic (exact) mass is 269 g/mol. The molecule has 1 aromatic heterocycles. The zero-order valence-corrected chi connectivity index (χ0v) is 10.6. The number of rotatable bonds is 4. The molecule has 96 valence electrons. The van der Waals surface area contributed by atoms with Crippen LogP contribution in [0.5, 0.6) is 0 Å². The lowest BCUT2D eigenvalue weighted by atomic mass is 10.2. The SMILES string of the molecule is CCc1cnc(CNc2cc(Cl)c(F)cc2N)o1. The van der Waals surface area contributed by atoms with Crippen LogP contribution in [0.4, 0.5) is 15.8 Å². The van der Waals surface area contributed by atoms with Crippen LogP contribution in [0.1, 0.15) is 18.6 Å². The minimum atomic E-state index is -0.538. The Morgan fingerprint density at radius 2 is 2.28 bits per heavy atom. The first-order chi connectivity index (χ1) is 8.60. The molecule has 0 aliphatic carbocycles. The summed E-state index contributed by atoms with van der Waals surface area (Å²) in [4.78, 5) is 4.09. The lowest BCUT2D eigenvalue weighted by Gasteiger charge is -2.08. The van der Waals surface area contributed by atoms with Crippen molar-refractivity contribution in [1.82, 2.24) is 4.98 Å². The van der Waals surface area contributed by atoms with Crippen molar-refractivity contribution >= 4 is 23.0 Å². The highest BCUT2D eigenvalue weighted by Crippen LogP contribution is 2.26. The summed E-state index contributed by atoms with van der Waals surface area (Å²) in [5.74, 6) is 0.827. The van der Waals surface area contributed by atoms with Crippen molar-refractivity contribution in [2.24, 2.45) is 0 Å². The van der Waals surface area contributed by atoms with Crippen molar-refractivity contribution < 1.29 is 8.81 Å². The van der Waals surface area contributed by atoms with Crippen LogP contribution in [-0.4, -0.2) is 4.98 Å². The van der Waals surface area contributed by atoms with Crippen molar-refractivity contribution in [2.75, 3.05) is 11.1 Å². The molecule has 0 bridgehead atoms. The lowest BCUT2D eigenvalue weighted by Crippen LogP contribution is -2.03. The van der Waals surface area contributed by atoms with E-state index >= 15 is 0 Å². The Bertz CT molecular complexity index is 556. The molecule has 0 spiro atoms. The fraction of sp³-hybridized carbons (Fsp3) is 0.250. The molecule has 2 aromatic rings. The maximum Gasteiger partial charge on any atom is 0.213 e. The van der Waals surface area contributed by atoms with E-state index < -0.39 is 5.82 Å². The molecule has 0 unspecified atom stereocenters. The van der Waals surface area contributed by atoms with E-state index in [1.54, 1.807) is 6.20 Å². The zero-order chi connectivity index (χ0) is 13.1. The Morgan fingerprint density at radius 1 is 1.50 bits per heavy atom. The van der Waals surface area contributed by atoms with E-state index in [1.165, 1.54) is 12.1 Å². The molecule has 1 aromatic carbocycles. The number of oxazole rings is 1. The molecule has 18 heavy (non-hydrogen) atoms. The van der Waals surface area contributed by atoms with Crippen molar-refractivity contribution in [3.8, 4) is 0 Å². The second-order valence-electron chi connectivity index (χ2n) is 3.78. The summed E-state index contributed by atoms with van der Waals surface area (Å²) in [7, 11) is 0. The van der Waals surface area contributed by atoms with Crippen LogP contribution in [0.2, 0.25) is 5.02 Å². The predicted molar refractivity (Wildman–Crippen MR) is 69.0 cm³/mol. The standard InChI is InChI=1S/C12H13ClFN3O/c1-2-7-5-17-12(18-7)6-16-11-3-8(13)9(14)4-10(11)15/h3-5,16H,2,6,15H2,1H3. The van der Waals surface area contributed by atoms with Crippen molar-refractivity contribution in [1.29, 1.82) is 0 Å². The molecule has 2 rings (SSSR count). The number of aromatic nitrogens is 1. The van der Waals surface area contributed by atoms with Gasteiger partial charge in [0.25, 0.3) is 0 Å². The Morgan fingerprint density at radius 3 is 2.94 bits per heavy atom. The third-order valence-corrected chi connectivity index (χ3v) is 2.76. The van der Waals surface area contributed by atoms with Gasteiger partial charge in [-0.2, -0.15) is 0 Å². The number of hydrogen-bond donors (Lipinski definition) is 2. The highest BCUT2D eigenvalue weighted by atomic mass is 35.5. The van der Waals surface area contributed by atoms with E-state index in [0.29, 0.717) is 23.8 Å². The number of anilines is 2. The molecule has 0 amide bonds. The number of aryl methyl sites for hydroxylation is 1. The van der Waals surface area contributed by atoms with Gasteiger partial charge in [-0.25, -0.2) is 9.37 Å². The molecular formula is C12H13ClFN3O. The van der Waals surface area contributed by atoms with Gasteiger partial charge >= 0.3 is 0 Å². The Hall–Kier alpha value is -1.75. The highest BCUT2D eigenvalue weighted by molar-refractivity contribution is 6.31. The van der Waals surface area contributed by atoms with Gasteiger partial charge in [0.1, 0.15) is 11.6 Å². The fourth-order valence-electron chi connectivity index (χ4n) is 1.48. The normalized spacial score (nSPS) is 10.6. The average Bonchev–Trinajstić information content (AvgIpc) is 2.80. The van der Waals surface area contributed by atoms with Crippen molar-refractivity contribution in [3.05, 3.63) is 40.8 Å². The molecule has 0 atom stereocenters. The largest absolute Gasteiger partial charge is 0.444 e. The fourth-order valence-corrected chi connectivity index (χ4v) is 1.64. The van der Waals surface area contributed by atoms with Gasteiger partial charge in [-0.15, -0.1) is 0 Å². The van der Waals surface area contributed by atoms with E-state index in [1.807, 2.05) is 6.92 Å². The smallest absolute Gasteiger partial charge is 0.213 e. The number of nitrogens with one attached hydrogen (secondary N) is 1. The highest BCUT2D eigenvalue weighted by Gasteiger charge is 2.07. The van der Waals surface area contributed by atoms with Crippen LogP contribution < -0.4 is 11.1 Å². The van der Waals surface area contributed by atoms with Gasteiger partial charge in [0.05, 0.1) is 29.1 Å². The molecule has 0 saturated carbocycles. The topological polar surface area (TPSA) is 64.1 Å². The maximum atomic E-state index is 13.1. The van der Waals surface area contributed by atoms with Crippen LogP contribution in [0.15, 0.2) is 22.7 Å². The second-order valence-corrected chi connectivity index (χ2v) is 4.19. The predicted octanol–water partition coefficient (Wildman–Crippen LogP) is 3.22. The zero-order valence-electron chi connectivity index (χ0n) is 9.84. The summed E-state index contributed by atoms with van der Waals surface area (Å²) in [5.41, 5.74) is 6.52. The number of nitrogens with two attached hydrogens (primary N) is 1. The summed E-state index contributed by atoms with van der Waals surface area (Å²) in [6, 6.07) is 2.62. The first-order valence-electron chi connectivity index (χ1n) is 5.52. The molecule has 6 heteroatoms. The van der Waals surface area contributed by atoms with Gasteiger partial charge in [-0.3, -0.25) is 0 Å². The van der Waals surface area contributed by atoms with Crippen LogP contribution in [-0.2, 0) is 13.0 Å². The average molecular weight is 270 g/mol. The van der Waals surface area contributed by atoms with E-state index in [2.05, 4.69) is 10.3 Å². The van der Waals surface area contributed by atoms with Crippen LogP contribution in [0.3, 0.4) is 0 Å². The molecule has 3 N–H and O–H groups in total. The molecule has 0 saturated heterocycles. The third-order valence-electron chi connectivity index (χ3n) is 2.47.